The molecule has 1 aliphatic rings. The lowest BCUT2D eigenvalue weighted by Crippen LogP contribution is -2.26. The van der Waals surface area contributed by atoms with Crippen molar-refractivity contribution >= 4 is 41.2 Å². The summed E-state index contributed by atoms with van der Waals surface area (Å²) in [5.74, 6) is 2.85. The van der Waals surface area contributed by atoms with Gasteiger partial charge in [0.2, 0.25) is 12.1 Å². The fourth-order valence-electron chi connectivity index (χ4n) is 3.02. The highest BCUT2D eigenvalue weighted by atomic mass is 31.3. The molecule has 218 valence electrons. The van der Waals surface area contributed by atoms with Gasteiger partial charge in [-0.1, -0.05) is 11.8 Å². The Labute approximate surface area is 218 Å². The molecule has 2 heterocycles. The van der Waals surface area contributed by atoms with Crippen LogP contribution in [0.2, 0.25) is 0 Å². The molecule has 0 radical (unpaired) electrons. The second-order valence-corrected chi connectivity index (χ2v) is 12.0. The Hall–Kier alpha value is -2.49. The van der Waals surface area contributed by atoms with Gasteiger partial charge in [0.15, 0.2) is 0 Å². The lowest BCUT2D eigenvalue weighted by molar-refractivity contribution is -0.393. The SMILES string of the molecule is O=C(O)CCC(=O)NCC#Cc1cc([N+](=O)[O-])n([C@H]2C[C@H](O)[C@@H](COP(=O)(O)OP(=O)(O)OP(=O)(O)O)O2)c1. The fourth-order valence-corrected chi connectivity index (χ4v) is 6.05. The first-order valence-corrected chi connectivity index (χ1v) is 14.8. The Morgan fingerprint density at radius 2 is 1.85 bits per heavy atom. The Balaban J connectivity index is 2.03. The van der Waals surface area contributed by atoms with Gasteiger partial charge in [-0.05, 0) is 4.92 Å². The molecule has 2 unspecified atom stereocenters. The molecule has 39 heavy (non-hydrogen) atoms. The van der Waals surface area contributed by atoms with Gasteiger partial charge in [0, 0.05) is 12.8 Å². The number of ether oxygens (including phenoxy) is 1. The fraction of sp³-hybridized carbons (Fsp3) is 0.500. The molecule has 1 aromatic heterocycles. The standard InChI is InChI=1S/C16H22N3O17P3/c20-11-7-15(34-12(11)9-33-38(29,30)36-39(31,32)35-37(26,27)28)18-8-10(6-14(18)19(24)25)2-1-5-17-13(21)3-4-16(22)23/h6,8,11-12,15,20H,3-5,7,9H2,(H,17,21)(H,22,23)(H,29,30)(H,31,32)(H2,26,27,28)/t11-,12+,15+/m0/s1. The molecule has 0 bridgehead atoms. The van der Waals surface area contributed by atoms with E-state index in [9.17, 15) is 43.4 Å². The summed E-state index contributed by atoms with van der Waals surface area (Å²) in [4.78, 5) is 68.4. The van der Waals surface area contributed by atoms with E-state index in [0.29, 0.717) is 0 Å². The van der Waals surface area contributed by atoms with Crippen LogP contribution in [0.15, 0.2) is 12.3 Å². The van der Waals surface area contributed by atoms with E-state index in [4.69, 9.17) is 24.5 Å². The zero-order chi connectivity index (χ0) is 29.6. The Morgan fingerprint density at radius 1 is 1.18 bits per heavy atom. The van der Waals surface area contributed by atoms with E-state index in [1.165, 1.54) is 6.20 Å². The van der Waals surface area contributed by atoms with Gasteiger partial charge in [0.1, 0.15) is 12.3 Å². The number of aliphatic hydroxyl groups excluding tert-OH is 1. The number of carboxylic acids is 1. The number of phosphoric acid groups is 3. The van der Waals surface area contributed by atoms with E-state index >= 15 is 0 Å². The molecule has 7 N–H and O–H groups in total. The maximum Gasteiger partial charge on any atom is 0.490 e. The summed E-state index contributed by atoms with van der Waals surface area (Å²) in [6.45, 7) is -1.15. The van der Waals surface area contributed by atoms with Crippen LogP contribution in [0.3, 0.4) is 0 Å². The van der Waals surface area contributed by atoms with Crippen molar-refractivity contribution in [3.8, 4) is 11.8 Å². The molecule has 0 aromatic carbocycles. The van der Waals surface area contributed by atoms with Crippen LogP contribution in [0.25, 0.3) is 0 Å². The molecule has 23 heteroatoms. The molecule has 2 rings (SSSR count). The van der Waals surface area contributed by atoms with Gasteiger partial charge in [-0.3, -0.25) is 14.1 Å². The molecule has 0 aliphatic carbocycles. The average Bonchev–Trinajstić information content (AvgIpc) is 3.35. The smallest absolute Gasteiger partial charge is 0.481 e. The van der Waals surface area contributed by atoms with E-state index in [2.05, 4.69) is 30.3 Å². The maximum absolute atomic E-state index is 11.9. The van der Waals surface area contributed by atoms with Gasteiger partial charge in [0.25, 0.3) is 0 Å². The van der Waals surface area contributed by atoms with Gasteiger partial charge >= 0.3 is 35.3 Å². The number of carboxylic acid groups (broad SMARTS) is 1. The van der Waals surface area contributed by atoms with E-state index in [-0.39, 0.29) is 31.4 Å². The molecule has 0 spiro atoms. The third-order valence-electron chi connectivity index (χ3n) is 4.52. The summed E-state index contributed by atoms with van der Waals surface area (Å²) in [6, 6.07) is 1.06. The quantitative estimate of drug-likeness (QED) is 0.0644. The second-order valence-electron chi connectivity index (χ2n) is 7.54. The van der Waals surface area contributed by atoms with Crippen molar-refractivity contribution in [3.63, 3.8) is 0 Å². The third-order valence-corrected chi connectivity index (χ3v) is 8.32. The first kappa shape index (κ1) is 32.7. The van der Waals surface area contributed by atoms with Crippen molar-refractivity contribution in [2.75, 3.05) is 13.2 Å². The number of aromatic nitrogens is 1. The zero-order valence-corrected chi connectivity index (χ0v) is 22.0. The lowest BCUT2D eigenvalue weighted by Gasteiger charge is -2.18. The summed E-state index contributed by atoms with van der Waals surface area (Å²) in [6.07, 6.45) is -3.78. The van der Waals surface area contributed by atoms with Crippen molar-refractivity contribution in [3.05, 3.63) is 27.9 Å². The molecule has 1 amide bonds. The number of carbonyl (C=O) groups excluding carboxylic acids is 1. The molecule has 1 aromatic rings. The van der Waals surface area contributed by atoms with Gasteiger partial charge in [-0.2, -0.15) is 8.62 Å². The van der Waals surface area contributed by atoms with Crippen LogP contribution in [0.5, 0.6) is 0 Å². The number of aliphatic carboxylic acids is 1. The predicted octanol–water partition coefficient (Wildman–Crippen LogP) is -0.280. The first-order chi connectivity index (χ1) is 17.9. The predicted molar refractivity (Wildman–Crippen MR) is 122 cm³/mol. The van der Waals surface area contributed by atoms with Crippen LogP contribution in [-0.2, 0) is 41.2 Å². The molecular weight excluding hydrogens is 599 g/mol. The summed E-state index contributed by atoms with van der Waals surface area (Å²) in [7, 11) is -16.8. The minimum Gasteiger partial charge on any atom is -0.481 e. The van der Waals surface area contributed by atoms with Gasteiger partial charge in [0.05, 0.1) is 37.3 Å². The normalized spacial score (nSPS) is 22.2. The van der Waals surface area contributed by atoms with Crippen LogP contribution < -0.4 is 5.32 Å². The number of hydrogen-bond acceptors (Lipinski definition) is 12. The summed E-state index contributed by atoms with van der Waals surface area (Å²) >= 11 is 0. The molecular formula is C16H22N3O17P3. The lowest BCUT2D eigenvalue weighted by atomic mass is 10.2. The highest BCUT2D eigenvalue weighted by Crippen LogP contribution is 2.66. The minimum atomic E-state index is -5.76. The van der Waals surface area contributed by atoms with Crippen LogP contribution in [0.4, 0.5) is 5.82 Å². The Kier molecular flexibility index (Phi) is 11.1. The highest BCUT2D eigenvalue weighted by Gasteiger charge is 2.44. The number of phosphoric ester groups is 1. The number of nitro groups is 1. The number of rotatable bonds is 13. The minimum absolute atomic E-state index is 0.108. The average molecular weight is 621 g/mol. The first-order valence-electron chi connectivity index (χ1n) is 10.3. The van der Waals surface area contributed by atoms with E-state index in [1.54, 1.807) is 0 Å². The van der Waals surface area contributed by atoms with E-state index in [0.717, 1.165) is 10.6 Å². The van der Waals surface area contributed by atoms with Crippen LogP contribution in [0.1, 0.15) is 31.1 Å². The summed E-state index contributed by atoms with van der Waals surface area (Å²) in [5, 5.41) is 32.6. The second kappa shape index (κ2) is 13.2. The zero-order valence-electron chi connectivity index (χ0n) is 19.3. The number of amides is 1. The molecule has 0 saturated carbocycles. The van der Waals surface area contributed by atoms with Crippen molar-refractivity contribution in [1.29, 1.82) is 0 Å². The van der Waals surface area contributed by atoms with Crippen LogP contribution >= 0.6 is 23.5 Å². The van der Waals surface area contributed by atoms with Crippen molar-refractivity contribution in [2.45, 2.75) is 37.7 Å². The number of aliphatic hydroxyl groups is 1. The molecule has 1 aliphatic heterocycles. The van der Waals surface area contributed by atoms with Gasteiger partial charge in [-0.25, -0.2) is 18.3 Å². The Morgan fingerprint density at radius 3 is 2.44 bits per heavy atom. The molecule has 20 nitrogen and oxygen atoms in total. The summed E-state index contributed by atoms with van der Waals surface area (Å²) < 4.78 is 51.9. The van der Waals surface area contributed by atoms with Crippen molar-refractivity contribution in [2.24, 2.45) is 0 Å². The van der Waals surface area contributed by atoms with Crippen LogP contribution in [0, 0.1) is 22.0 Å². The maximum atomic E-state index is 11.9. The Bertz CT molecular complexity index is 1300. The number of carbonyl (C=O) groups is 2. The topological polar surface area (TPSA) is 304 Å². The summed E-state index contributed by atoms with van der Waals surface area (Å²) in [5.41, 5.74) is 0.108. The number of hydrogen-bond donors (Lipinski definition) is 7. The largest absolute Gasteiger partial charge is 0.490 e. The van der Waals surface area contributed by atoms with E-state index in [1.807, 2.05) is 0 Å². The molecule has 1 saturated heterocycles. The molecule has 1 fully saturated rings. The van der Waals surface area contributed by atoms with Gasteiger partial charge in [-0.15, -0.1) is 0 Å². The number of nitrogens with zero attached hydrogens (tertiary/aromatic N) is 2. The van der Waals surface area contributed by atoms with Crippen molar-refractivity contribution < 1.29 is 75.9 Å². The van der Waals surface area contributed by atoms with Gasteiger partial charge < -0.3 is 50.0 Å². The third kappa shape index (κ3) is 11.3. The van der Waals surface area contributed by atoms with E-state index < -0.39 is 71.1 Å². The monoisotopic (exact) mass is 621 g/mol. The molecule has 5 atom stereocenters. The van der Waals surface area contributed by atoms with Crippen molar-refractivity contribution in [1.82, 2.24) is 9.88 Å². The van der Waals surface area contributed by atoms with Crippen LogP contribution in [-0.4, -0.2) is 76.5 Å². The number of nitrogens with one attached hydrogen (secondary N) is 1. The highest BCUT2D eigenvalue weighted by molar-refractivity contribution is 7.66.